The Hall–Kier alpha value is -1.24. The number of halogens is 1. The monoisotopic (exact) mass is 291 g/mol. The van der Waals surface area contributed by atoms with Gasteiger partial charge in [0.25, 0.3) is 0 Å². The van der Waals surface area contributed by atoms with Crippen LogP contribution in [0.15, 0.2) is 40.2 Å². The molecule has 3 heteroatoms. The topological polar surface area (TPSA) is 12.0 Å². The van der Waals surface area contributed by atoms with Crippen LogP contribution in [0.2, 0.25) is 0 Å². The lowest BCUT2D eigenvalue weighted by atomic mass is 10.2. The van der Waals surface area contributed by atoms with Gasteiger partial charge < -0.3 is 5.32 Å². The van der Waals surface area contributed by atoms with E-state index in [1.807, 2.05) is 24.3 Å². The molecule has 2 aromatic rings. The molecule has 0 aliphatic carbocycles. The number of nitrogens with one attached hydrogen (secondary N) is 1. The Morgan fingerprint density at radius 1 is 1.38 bits per heavy atom. The molecule has 0 aliphatic rings. The molecule has 16 heavy (non-hydrogen) atoms. The number of hydrogen-bond donors (Lipinski definition) is 1. The van der Waals surface area contributed by atoms with Crippen LogP contribution in [0.3, 0.4) is 0 Å². The van der Waals surface area contributed by atoms with Crippen molar-refractivity contribution in [2.45, 2.75) is 6.54 Å². The highest BCUT2D eigenvalue weighted by Crippen LogP contribution is 2.21. The summed E-state index contributed by atoms with van der Waals surface area (Å²) in [5.74, 6) is 2.62. The van der Waals surface area contributed by atoms with E-state index in [0.717, 1.165) is 22.3 Å². The van der Waals surface area contributed by atoms with Crippen LogP contribution in [-0.2, 0) is 6.54 Å². The number of rotatable bonds is 3. The molecule has 1 aromatic heterocycles. The maximum absolute atomic E-state index is 5.35. The molecule has 0 saturated carbocycles. The summed E-state index contributed by atoms with van der Waals surface area (Å²) in [6.07, 6.45) is 5.35. The average Bonchev–Trinajstić information content (AvgIpc) is 2.73. The van der Waals surface area contributed by atoms with Crippen molar-refractivity contribution in [2.24, 2.45) is 0 Å². The third-order valence-electron chi connectivity index (χ3n) is 2.12. The third kappa shape index (κ3) is 2.88. The zero-order valence-electron chi connectivity index (χ0n) is 8.53. The predicted octanol–water partition coefficient (Wildman–Crippen LogP) is 4.10. The molecule has 1 N–H and O–H groups in total. The first kappa shape index (κ1) is 11.3. The number of hydrogen-bond acceptors (Lipinski definition) is 2. The molecule has 80 valence electrons. The summed E-state index contributed by atoms with van der Waals surface area (Å²) in [7, 11) is 0. The van der Waals surface area contributed by atoms with E-state index in [1.54, 1.807) is 11.3 Å². The van der Waals surface area contributed by atoms with Crippen molar-refractivity contribution < 1.29 is 0 Å². The molecule has 1 heterocycles. The molecule has 0 bridgehead atoms. The van der Waals surface area contributed by atoms with Gasteiger partial charge in [0.05, 0.1) is 0 Å². The van der Waals surface area contributed by atoms with Crippen molar-refractivity contribution in [3.05, 3.63) is 50.6 Å². The predicted molar refractivity (Wildman–Crippen MR) is 73.7 cm³/mol. The summed E-state index contributed by atoms with van der Waals surface area (Å²) in [5.41, 5.74) is 1.96. The summed E-state index contributed by atoms with van der Waals surface area (Å²) in [4.78, 5) is 1.29. The van der Waals surface area contributed by atoms with Gasteiger partial charge in [-0.25, -0.2) is 0 Å². The van der Waals surface area contributed by atoms with Gasteiger partial charge in [0.1, 0.15) is 0 Å². The van der Waals surface area contributed by atoms with Crippen molar-refractivity contribution >= 4 is 33.0 Å². The third-order valence-corrected chi connectivity index (χ3v) is 3.82. The fourth-order valence-electron chi connectivity index (χ4n) is 1.35. The van der Waals surface area contributed by atoms with Crippen molar-refractivity contribution in [1.82, 2.24) is 0 Å². The standard InChI is InChI=1S/C13H10BrNS/c1-2-10-4-3-5-12(6-10)15-8-13-7-11(14)9-16-13/h1,3-7,9,15H,8H2. The lowest BCUT2D eigenvalue weighted by molar-refractivity contribution is 1.19. The van der Waals surface area contributed by atoms with E-state index in [2.05, 4.69) is 38.6 Å². The highest BCUT2D eigenvalue weighted by Gasteiger charge is 1.98. The van der Waals surface area contributed by atoms with E-state index in [0.29, 0.717) is 0 Å². The Labute approximate surface area is 108 Å². The fraction of sp³-hybridized carbons (Fsp3) is 0.0769. The van der Waals surface area contributed by atoms with Gasteiger partial charge in [-0.05, 0) is 40.2 Å². The van der Waals surface area contributed by atoms with E-state index in [9.17, 15) is 0 Å². The Kier molecular flexibility index (Phi) is 3.66. The van der Waals surface area contributed by atoms with E-state index >= 15 is 0 Å². The van der Waals surface area contributed by atoms with Gasteiger partial charge in [-0.3, -0.25) is 0 Å². The van der Waals surface area contributed by atoms with Gasteiger partial charge in [-0.2, -0.15) is 0 Å². The molecule has 2 rings (SSSR count). The van der Waals surface area contributed by atoms with Gasteiger partial charge in [-0.15, -0.1) is 17.8 Å². The van der Waals surface area contributed by atoms with E-state index in [-0.39, 0.29) is 0 Å². The van der Waals surface area contributed by atoms with Gasteiger partial charge in [-0.1, -0.05) is 12.0 Å². The van der Waals surface area contributed by atoms with Crippen molar-refractivity contribution in [3.8, 4) is 12.3 Å². The fourth-order valence-corrected chi connectivity index (χ4v) is 2.75. The lowest BCUT2D eigenvalue weighted by Gasteiger charge is -2.04. The SMILES string of the molecule is C#Cc1cccc(NCc2cc(Br)cs2)c1. The number of benzene rings is 1. The van der Waals surface area contributed by atoms with Crippen LogP contribution in [0, 0.1) is 12.3 Å². The Bertz CT molecular complexity index is 525. The maximum Gasteiger partial charge on any atom is 0.0494 e. The van der Waals surface area contributed by atoms with Gasteiger partial charge in [0.2, 0.25) is 0 Å². The van der Waals surface area contributed by atoms with Crippen LogP contribution in [0.1, 0.15) is 10.4 Å². The first-order valence-corrected chi connectivity index (χ1v) is 6.48. The second-order valence-corrected chi connectivity index (χ2v) is 5.22. The summed E-state index contributed by atoms with van der Waals surface area (Å²) in [5, 5.41) is 5.42. The largest absolute Gasteiger partial charge is 0.380 e. The smallest absolute Gasteiger partial charge is 0.0494 e. The van der Waals surface area contributed by atoms with Crippen LogP contribution >= 0.6 is 27.3 Å². The first-order valence-electron chi connectivity index (χ1n) is 4.81. The summed E-state index contributed by atoms with van der Waals surface area (Å²) < 4.78 is 1.13. The van der Waals surface area contributed by atoms with Crippen LogP contribution in [0.25, 0.3) is 0 Å². The number of thiophene rings is 1. The Morgan fingerprint density at radius 2 is 2.25 bits per heavy atom. The molecular weight excluding hydrogens is 282 g/mol. The Balaban J connectivity index is 2.02. The quantitative estimate of drug-likeness (QED) is 0.840. The molecule has 0 radical (unpaired) electrons. The van der Waals surface area contributed by atoms with Gasteiger partial charge >= 0.3 is 0 Å². The average molecular weight is 292 g/mol. The highest BCUT2D eigenvalue weighted by molar-refractivity contribution is 9.10. The van der Waals surface area contributed by atoms with E-state index in [4.69, 9.17) is 6.42 Å². The van der Waals surface area contributed by atoms with Crippen LogP contribution in [-0.4, -0.2) is 0 Å². The van der Waals surface area contributed by atoms with E-state index < -0.39 is 0 Å². The molecule has 0 saturated heterocycles. The number of anilines is 1. The molecular formula is C13H10BrNS. The van der Waals surface area contributed by atoms with Crippen LogP contribution < -0.4 is 5.32 Å². The van der Waals surface area contributed by atoms with Gasteiger partial charge in [0.15, 0.2) is 0 Å². The van der Waals surface area contributed by atoms with Crippen molar-refractivity contribution in [1.29, 1.82) is 0 Å². The summed E-state index contributed by atoms with van der Waals surface area (Å²) in [6, 6.07) is 9.99. The highest BCUT2D eigenvalue weighted by atomic mass is 79.9. The lowest BCUT2D eigenvalue weighted by Crippen LogP contribution is -1.97. The van der Waals surface area contributed by atoms with Crippen LogP contribution in [0.5, 0.6) is 0 Å². The number of terminal acetylenes is 1. The van der Waals surface area contributed by atoms with E-state index in [1.165, 1.54) is 4.88 Å². The minimum atomic E-state index is 0.824. The molecule has 0 fully saturated rings. The maximum atomic E-state index is 5.35. The van der Waals surface area contributed by atoms with Crippen molar-refractivity contribution in [3.63, 3.8) is 0 Å². The summed E-state index contributed by atoms with van der Waals surface area (Å²) in [6.45, 7) is 0.824. The van der Waals surface area contributed by atoms with Gasteiger partial charge in [0, 0.05) is 32.5 Å². The molecule has 0 spiro atoms. The van der Waals surface area contributed by atoms with Crippen LogP contribution in [0.4, 0.5) is 5.69 Å². The molecule has 0 aliphatic heterocycles. The minimum absolute atomic E-state index is 0.824. The first-order chi connectivity index (χ1) is 7.78. The molecule has 1 aromatic carbocycles. The second kappa shape index (κ2) is 5.20. The normalized spacial score (nSPS) is 9.75. The minimum Gasteiger partial charge on any atom is -0.380 e. The zero-order valence-corrected chi connectivity index (χ0v) is 10.9. The molecule has 1 nitrogen and oxygen atoms in total. The summed E-state index contributed by atoms with van der Waals surface area (Å²) >= 11 is 5.17. The molecule has 0 atom stereocenters. The Morgan fingerprint density at radius 3 is 2.94 bits per heavy atom. The molecule has 0 unspecified atom stereocenters. The zero-order chi connectivity index (χ0) is 11.4. The molecule has 0 amide bonds. The van der Waals surface area contributed by atoms with Crippen molar-refractivity contribution in [2.75, 3.05) is 5.32 Å². The second-order valence-electron chi connectivity index (χ2n) is 3.31.